The smallest absolute Gasteiger partial charge is 0.225 e. The van der Waals surface area contributed by atoms with Gasteiger partial charge < -0.3 is 15.7 Å². The molecule has 2 aromatic heterocycles. The number of thioether (sulfide) groups is 1. The monoisotopic (exact) mass is 481 g/mol. The van der Waals surface area contributed by atoms with Crippen molar-refractivity contribution in [3.05, 3.63) is 101 Å². The minimum Gasteiger partial charge on any atom is -0.369 e. The fraction of sp³-hybridized carbons (Fsp3) is 0.233. The molecule has 5 heteroatoms. The molecule has 1 atom stereocenters. The number of aryl methyl sites for hydroxylation is 2. The molecule has 35 heavy (non-hydrogen) atoms. The molecule has 1 unspecified atom stereocenters. The molecule has 3 aromatic carbocycles. The second-order valence-corrected chi connectivity index (χ2v) is 10.5. The third kappa shape index (κ3) is 4.25. The summed E-state index contributed by atoms with van der Waals surface area (Å²) in [6.07, 6.45) is 4.82. The summed E-state index contributed by atoms with van der Waals surface area (Å²) in [5.74, 6) is 0.235. The molecule has 5 rings (SSSR count). The number of nitrogens with one attached hydrogen (secondary N) is 2. The van der Waals surface area contributed by atoms with Crippen LogP contribution in [0.2, 0.25) is 0 Å². The zero-order valence-electron chi connectivity index (χ0n) is 20.4. The first-order valence-electron chi connectivity index (χ1n) is 12.1. The lowest BCUT2D eigenvalue weighted by Gasteiger charge is -2.24. The predicted molar refractivity (Wildman–Crippen MR) is 147 cm³/mol. The van der Waals surface area contributed by atoms with E-state index < -0.39 is 5.92 Å². The molecule has 0 radical (unpaired) electrons. The van der Waals surface area contributed by atoms with Gasteiger partial charge in [-0.1, -0.05) is 61.5 Å². The van der Waals surface area contributed by atoms with Crippen molar-refractivity contribution in [2.24, 2.45) is 5.73 Å². The van der Waals surface area contributed by atoms with Crippen LogP contribution >= 0.6 is 11.8 Å². The summed E-state index contributed by atoms with van der Waals surface area (Å²) < 4.78 is 0. The Bertz CT molecular complexity index is 1430. The molecule has 0 fully saturated rings. The molecular weight excluding hydrogens is 450 g/mol. The Kier molecular flexibility index (Phi) is 6.44. The minimum absolute atomic E-state index is 0.0155. The minimum atomic E-state index is -0.403. The highest BCUT2D eigenvalue weighted by Gasteiger charge is 2.30. The number of primary amides is 1. The number of aromatic nitrogens is 2. The van der Waals surface area contributed by atoms with Gasteiger partial charge in [-0.05, 0) is 59.9 Å². The Morgan fingerprint density at radius 3 is 1.94 bits per heavy atom. The second kappa shape index (κ2) is 9.67. The second-order valence-electron chi connectivity index (χ2n) is 9.20. The van der Waals surface area contributed by atoms with Crippen LogP contribution in [0, 0.1) is 13.8 Å². The predicted octanol–water partition coefficient (Wildman–Crippen LogP) is 7.17. The number of H-pyrrole nitrogens is 2. The van der Waals surface area contributed by atoms with Gasteiger partial charge in [0.15, 0.2) is 0 Å². The summed E-state index contributed by atoms with van der Waals surface area (Å²) in [6, 6.07) is 21.0. The maximum absolute atomic E-state index is 13.0. The molecule has 0 bridgehead atoms. The van der Waals surface area contributed by atoms with Gasteiger partial charge in [0.2, 0.25) is 5.91 Å². The van der Waals surface area contributed by atoms with Crippen LogP contribution in [0.5, 0.6) is 0 Å². The molecule has 0 spiro atoms. The number of amides is 1. The third-order valence-corrected chi connectivity index (χ3v) is 8.04. The summed E-state index contributed by atoms with van der Waals surface area (Å²) >= 11 is 1.76. The van der Waals surface area contributed by atoms with Crippen molar-refractivity contribution in [1.29, 1.82) is 0 Å². The number of hydrogen-bond donors (Lipinski definition) is 3. The van der Waals surface area contributed by atoms with Crippen LogP contribution in [0.3, 0.4) is 0 Å². The van der Waals surface area contributed by atoms with Crippen molar-refractivity contribution in [2.75, 3.05) is 5.75 Å². The number of para-hydroxylation sites is 2. The average molecular weight is 482 g/mol. The Balaban J connectivity index is 1.70. The van der Waals surface area contributed by atoms with Crippen LogP contribution in [0.15, 0.2) is 78.0 Å². The first-order chi connectivity index (χ1) is 17.0. The van der Waals surface area contributed by atoms with E-state index in [1.807, 2.05) is 12.1 Å². The van der Waals surface area contributed by atoms with Gasteiger partial charge in [0, 0.05) is 45.0 Å². The van der Waals surface area contributed by atoms with Gasteiger partial charge in [-0.25, -0.2) is 0 Å². The lowest BCUT2D eigenvalue weighted by molar-refractivity contribution is -0.119. The summed E-state index contributed by atoms with van der Waals surface area (Å²) in [4.78, 5) is 21.1. The average Bonchev–Trinajstić information content (AvgIpc) is 3.47. The molecule has 0 saturated heterocycles. The number of rotatable bonds is 8. The van der Waals surface area contributed by atoms with Crippen LogP contribution in [0.4, 0.5) is 0 Å². The van der Waals surface area contributed by atoms with Crippen LogP contribution in [0.1, 0.15) is 53.0 Å². The van der Waals surface area contributed by atoms with E-state index in [1.165, 1.54) is 33.0 Å². The van der Waals surface area contributed by atoms with Crippen molar-refractivity contribution in [1.82, 2.24) is 9.97 Å². The number of fused-ring (bicyclic) bond motifs is 2. The summed E-state index contributed by atoms with van der Waals surface area (Å²) in [7, 11) is 0. The van der Waals surface area contributed by atoms with E-state index in [4.69, 9.17) is 5.73 Å². The number of benzene rings is 3. The van der Waals surface area contributed by atoms with Gasteiger partial charge >= 0.3 is 0 Å². The largest absolute Gasteiger partial charge is 0.369 e. The number of carbonyl (C=O) groups is 1. The Hall–Kier alpha value is -3.44. The molecule has 0 aliphatic carbocycles. The van der Waals surface area contributed by atoms with E-state index in [0.717, 1.165) is 27.2 Å². The Morgan fingerprint density at radius 2 is 1.40 bits per heavy atom. The van der Waals surface area contributed by atoms with Gasteiger partial charge in [-0.3, -0.25) is 4.79 Å². The third-order valence-electron chi connectivity index (χ3n) is 7.07. The first kappa shape index (κ1) is 23.3. The molecule has 1 amide bonds. The maximum atomic E-state index is 13.0. The van der Waals surface area contributed by atoms with Crippen LogP contribution in [-0.2, 0) is 4.79 Å². The fourth-order valence-corrected chi connectivity index (χ4v) is 6.20. The Labute approximate surface area is 210 Å². The standard InChI is InChI=1S/C30H31N3OS/c1-4-35-27-14-6-5-11-20(27)24(30(31)34)15-23(25-16-32-28-18(2)9-7-12-21(25)28)26-17-33-29-19(3)10-8-13-22(26)29/h5-14,16-17,23-24,32-33H,4,15H2,1-3H3,(H2,31,34). The molecule has 178 valence electrons. The molecule has 4 N–H and O–H groups in total. The van der Waals surface area contributed by atoms with E-state index in [9.17, 15) is 4.79 Å². The number of nitrogens with two attached hydrogens (primary N) is 1. The fourth-order valence-electron chi connectivity index (χ4n) is 5.34. The molecule has 5 aromatic rings. The normalized spacial score (nSPS) is 12.6. The molecule has 0 saturated carbocycles. The lowest BCUT2D eigenvalue weighted by atomic mass is 9.80. The number of carbonyl (C=O) groups excluding carboxylic acids is 1. The van der Waals surface area contributed by atoms with Crippen LogP contribution < -0.4 is 5.73 Å². The van der Waals surface area contributed by atoms with Crippen molar-refractivity contribution in [2.45, 2.75) is 43.9 Å². The van der Waals surface area contributed by atoms with Gasteiger partial charge in [0.1, 0.15) is 0 Å². The molecule has 0 aliphatic rings. The van der Waals surface area contributed by atoms with E-state index in [-0.39, 0.29) is 11.8 Å². The summed E-state index contributed by atoms with van der Waals surface area (Å²) in [6.45, 7) is 6.38. The summed E-state index contributed by atoms with van der Waals surface area (Å²) in [5.41, 5.74) is 14.2. The van der Waals surface area contributed by atoms with E-state index in [2.05, 4.69) is 91.7 Å². The molecule has 4 nitrogen and oxygen atoms in total. The highest BCUT2D eigenvalue weighted by atomic mass is 32.2. The number of aromatic amines is 2. The highest BCUT2D eigenvalue weighted by molar-refractivity contribution is 7.99. The van der Waals surface area contributed by atoms with Crippen molar-refractivity contribution < 1.29 is 4.79 Å². The van der Waals surface area contributed by atoms with Crippen LogP contribution in [-0.4, -0.2) is 21.6 Å². The van der Waals surface area contributed by atoms with Gasteiger partial charge in [0.05, 0.1) is 5.92 Å². The number of hydrogen-bond acceptors (Lipinski definition) is 2. The quantitative estimate of drug-likeness (QED) is 0.206. The molecule has 2 heterocycles. The van der Waals surface area contributed by atoms with E-state index >= 15 is 0 Å². The lowest BCUT2D eigenvalue weighted by Crippen LogP contribution is -2.24. The van der Waals surface area contributed by atoms with Crippen molar-refractivity contribution in [3.8, 4) is 0 Å². The topological polar surface area (TPSA) is 74.7 Å². The van der Waals surface area contributed by atoms with Crippen molar-refractivity contribution in [3.63, 3.8) is 0 Å². The zero-order valence-corrected chi connectivity index (χ0v) is 21.2. The first-order valence-corrected chi connectivity index (χ1v) is 13.1. The Morgan fingerprint density at radius 1 is 0.829 bits per heavy atom. The molecule has 0 aliphatic heterocycles. The van der Waals surface area contributed by atoms with Crippen LogP contribution in [0.25, 0.3) is 21.8 Å². The zero-order chi connectivity index (χ0) is 24.5. The molecular formula is C30H31N3OS. The maximum Gasteiger partial charge on any atom is 0.225 e. The van der Waals surface area contributed by atoms with Gasteiger partial charge in [-0.2, -0.15) is 0 Å². The SMILES string of the molecule is CCSc1ccccc1C(CC(c1c[nH]c2c(C)cccc12)c1c[nH]c2c(C)cccc12)C(N)=O. The van der Waals surface area contributed by atoms with E-state index in [1.54, 1.807) is 11.8 Å². The van der Waals surface area contributed by atoms with Gasteiger partial charge in [-0.15, -0.1) is 11.8 Å². The summed E-state index contributed by atoms with van der Waals surface area (Å²) in [5, 5.41) is 2.38. The van der Waals surface area contributed by atoms with Crippen molar-refractivity contribution >= 4 is 39.5 Å². The highest BCUT2D eigenvalue weighted by Crippen LogP contribution is 2.43. The van der Waals surface area contributed by atoms with Gasteiger partial charge in [0.25, 0.3) is 0 Å². The van der Waals surface area contributed by atoms with E-state index in [0.29, 0.717) is 6.42 Å².